The van der Waals surface area contributed by atoms with E-state index in [0.717, 1.165) is 16.8 Å². The first-order valence-electron chi connectivity index (χ1n) is 6.58. The van der Waals surface area contributed by atoms with Gasteiger partial charge in [-0.15, -0.1) is 0 Å². The van der Waals surface area contributed by atoms with Crippen LogP contribution in [0.25, 0.3) is 0 Å². The molecular weight excluding hydrogens is 252 g/mol. The van der Waals surface area contributed by atoms with Gasteiger partial charge < -0.3 is 15.7 Å². The Labute approximate surface area is 117 Å². The molecule has 0 radical (unpaired) electrons. The average Bonchev–Trinajstić information content (AvgIpc) is 2.87. The summed E-state index contributed by atoms with van der Waals surface area (Å²) < 4.78 is 0. The highest BCUT2D eigenvalue weighted by molar-refractivity contribution is 5.99. The smallest absolute Gasteiger partial charge is 0.233 e. The molecule has 1 aliphatic heterocycles. The van der Waals surface area contributed by atoms with E-state index in [0.29, 0.717) is 12.2 Å². The van der Waals surface area contributed by atoms with Crippen LogP contribution in [0.15, 0.2) is 42.5 Å². The molecule has 3 rings (SSSR count). The summed E-state index contributed by atoms with van der Waals surface area (Å²) in [6.07, 6.45) is 0. The second-order valence-electron chi connectivity index (χ2n) is 5.03. The van der Waals surface area contributed by atoms with E-state index in [9.17, 15) is 9.90 Å². The number of rotatable bonds is 2. The zero-order chi connectivity index (χ0) is 14.1. The molecule has 4 heteroatoms. The fourth-order valence-corrected chi connectivity index (χ4v) is 2.49. The van der Waals surface area contributed by atoms with Gasteiger partial charge in [-0.25, -0.2) is 0 Å². The molecule has 0 fully saturated rings. The summed E-state index contributed by atoms with van der Waals surface area (Å²) in [5, 5.41) is 15.8. The molecule has 2 aromatic carbocycles. The number of para-hydroxylation sites is 1. The molecule has 0 bridgehead atoms. The Balaban J connectivity index is 1.83. The van der Waals surface area contributed by atoms with E-state index < -0.39 is 0 Å². The monoisotopic (exact) mass is 268 g/mol. The second-order valence-corrected chi connectivity index (χ2v) is 5.03. The summed E-state index contributed by atoms with van der Waals surface area (Å²) in [6.45, 7) is 2.50. The van der Waals surface area contributed by atoms with Gasteiger partial charge in [0.1, 0.15) is 5.75 Å². The molecule has 1 unspecified atom stereocenters. The number of anilines is 2. The number of carbonyl (C=O) groups excluding carboxylic acids is 1. The highest BCUT2D eigenvalue weighted by atomic mass is 16.3. The van der Waals surface area contributed by atoms with Gasteiger partial charge in [0.2, 0.25) is 5.91 Å². The van der Waals surface area contributed by atoms with Crippen LogP contribution in [0.2, 0.25) is 0 Å². The van der Waals surface area contributed by atoms with Crippen LogP contribution in [0.3, 0.4) is 0 Å². The van der Waals surface area contributed by atoms with Crippen molar-refractivity contribution in [1.29, 1.82) is 0 Å². The standard InChI is InChI=1S/C16H16N2O2/c1-10-6-7-15(19)14(8-10)18-16(20)12-9-17-13-5-3-2-4-11(12)13/h2-8,12,17,19H,9H2,1H3,(H,18,20). The lowest BCUT2D eigenvalue weighted by atomic mass is 10.0. The van der Waals surface area contributed by atoms with E-state index >= 15 is 0 Å². The first-order valence-corrected chi connectivity index (χ1v) is 6.58. The lowest BCUT2D eigenvalue weighted by Crippen LogP contribution is -2.22. The average molecular weight is 268 g/mol. The van der Waals surface area contributed by atoms with Crippen molar-refractivity contribution in [2.45, 2.75) is 12.8 Å². The highest BCUT2D eigenvalue weighted by Gasteiger charge is 2.28. The van der Waals surface area contributed by atoms with Gasteiger partial charge in [-0.1, -0.05) is 24.3 Å². The SMILES string of the molecule is Cc1ccc(O)c(NC(=O)C2CNc3ccccc32)c1. The Morgan fingerprint density at radius 3 is 2.95 bits per heavy atom. The Bertz CT molecular complexity index is 667. The number of carbonyl (C=O) groups is 1. The van der Waals surface area contributed by atoms with Gasteiger partial charge in [0, 0.05) is 12.2 Å². The van der Waals surface area contributed by atoms with Crippen LogP contribution in [0.5, 0.6) is 5.75 Å². The van der Waals surface area contributed by atoms with Crippen LogP contribution >= 0.6 is 0 Å². The number of benzene rings is 2. The van der Waals surface area contributed by atoms with Gasteiger partial charge >= 0.3 is 0 Å². The van der Waals surface area contributed by atoms with Gasteiger partial charge in [0.05, 0.1) is 11.6 Å². The third kappa shape index (κ3) is 2.20. The first-order chi connectivity index (χ1) is 9.65. The normalized spacial score (nSPS) is 16.4. The highest BCUT2D eigenvalue weighted by Crippen LogP contribution is 2.33. The number of hydrogen-bond donors (Lipinski definition) is 3. The van der Waals surface area contributed by atoms with Crippen molar-refractivity contribution in [3.05, 3.63) is 53.6 Å². The minimum absolute atomic E-state index is 0.0863. The van der Waals surface area contributed by atoms with Crippen LogP contribution in [-0.4, -0.2) is 17.6 Å². The van der Waals surface area contributed by atoms with E-state index in [1.54, 1.807) is 18.2 Å². The molecule has 0 aliphatic carbocycles. The van der Waals surface area contributed by atoms with E-state index in [-0.39, 0.29) is 17.6 Å². The summed E-state index contributed by atoms with van der Waals surface area (Å²) in [4.78, 5) is 12.4. The van der Waals surface area contributed by atoms with Crippen molar-refractivity contribution >= 4 is 17.3 Å². The maximum Gasteiger partial charge on any atom is 0.233 e. The second kappa shape index (κ2) is 4.89. The number of hydrogen-bond acceptors (Lipinski definition) is 3. The lowest BCUT2D eigenvalue weighted by molar-refractivity contribution is -0.117. The maximum absolute atomic E-state index is 12.4. The van der Waals surface area contributed by atoms with Gasteiger partial charge in [-0.3, -0.25) is 4.79 Å². The number of aryl methyl sites for hydroxylation is 1. The van der Waals surface area contributed by atoms with E-state index in [1.165, 1.54) is 0 Å². The number of nitrogens with one attached hydrogen (secondary N) is 2. The van der Waals surface area contributed by atoms with Crippen LogP contribution in [0, 0.1) is 6.92 Å². The number of aromatic hydroxyl groups is 1. The molecule has 0 saturated heterocycles. The largest absolute Gasteiger partial charge is 0.506 e. The molecule has 0 spiro atoms. The fraction of sp³-hybridized carbons (Fsp3) is 0.188. The minimum atomic E-state index is -0.230. The molecule has 2 aromatic rings. The maximum atomic E-state index is 12.4. The molecule has 102 valence electrons. The van der Waals surface area contributed by atoms with Crippen LogP contribution in [0.4, 0.5) is 11.4 Å². The lowest BCUT2D eigenvalue weighted by Gasteiger charge is -2.12. The summed E-state index contributed by atoms with van der Waals surface area (Å²) in [6, 6.07) is 12.9. The Kier molecular flexibility index (Phi) is 3.06. The summed E-state index contributed by atoms with van der Waals surface area (Å²) in [5.41, 5.74) is 3.45. The zero-order valence-electron chi connectivity index (χ0n) is 11.2. The number of amides is 1. The van der Waals surface area contributed by atoms with Crippen LogP contribution in [0.1, 0.15) is 17.0 Å². The number of phenolic OH excluding ortho intramolecular Hbond substituents is 1. The topological polar surface area (TPSA) is 61.4 Å². The van der Waals surface area contributed by atoms with Gasteiger partial charge in [-0.05, 0) is 36.2 Å². The van der Waals surface area contributed by atoms with E-state index in [1.807, 2.05) is 31.2 Å². The van der Waals surface area contributed by atoms with Crippen LogP contribution in [-0.2, 0) is 4.79 Å². The van der Waals surface area contributed by atoms with E-state index in [2.05, 4.69) is 10.6 Å². The molecule has 0 saturated carbocycles. The number of fused-ring (bicyclic) bond motifs is 1. The Morgan fingerprint density at radius 1 is 1.30 bits per heavy atom. The first kappa shape index (κ1) is 12.5. The predicted molar refractivity (Wildman–Crippen MR) is 79.1 cm³/mol. The predicted octanol–water partition coefficient (Wildman–Crippen LogP) is 2.85. The van der Waals surface area contributed by atoms with E-state index in [4.69, 9.17) is 0 Å². The summed E-state index contributed by atoms with van der Waals surface area (Å²) in [7, 11) is 0. The summed E-state index contributed by atoms with van der Waals surface area (Å²) >= 11 is 0. The fourth-order valence-electron chi connectivity index (χ4n) is 2.49. The van der Waals surface area contributed by atoms with Gasteiger partial charge in [-0.2, -0.15) is 0 Å². The van der Waals surface area contributed by atoms with Crippen molar-refractivity contribution < 1.29 is 9.90 Å². The molecular formula is C16H16N2O2. The molecule has 1 heterocycles. The van der Waals surface area contributed by atoms with Crippen molar-refractivity contribution in [2.24, 2.45) is 0 Å². The third-order valence-corrected chi connectivity index (χ3v) is 3.56. The third-order valence-electron chi connectivity index (χ3n) is 3.56. The quantitative estimate of drug-likeness (QED) is 0.734. The van der Waals surface area contributed by atoms with Crippen LogP contribution < -0.4 is 10.6 Å². The van der Waals surface area contributed by atoms with Crippen molar-refractivity contribution in [1.82, 2.24) is 0 Å². The van der Waals surface area contributed by atoms with Crippen molar-refractivity contribution in [3.63, 3.8) is 0 Å². The van der Waals surface area contributed by atoms with Gasteiger partial charge in [0.25, 0.3) is 0 Å². The summed E-state index contributed by atoms with van der Waals surface area (Å²) in [5.74, 6) is -0.252. The molecule has 1 amide bonds. The molecule has 4 nitrogen and oxygen atoms in total. The molecule has 0 aromatic heterocycles. The van der Waals surface area contributed by atoms with Crippen molar-refractivity contribution in [2.75, 3.05) is 17.2 Å². The molecule has 3 N–H and O–H groups in total. The zero-order valence-corrected chi connectivity index (χ0v) is 11.2. The molecule has 20 heavy (non-hydrogen) atoms. The Hall–Kier alpha value is -2.49. The van der Waals surface area contributed by atoms with Gasteiger partial charge in [0.15, 0.2) is 0 Å². The van der Waals surface area contributed by atoms with Crippen molar-refractivity contribution in [3.8, 4) is 5.75 Å². The Morgan fingerprint density at radius 2 is 2.10 bits per heavy atom. The minimum Gasteiger partial charge on any atom is -0.506 e. The molecule has 1 atom stereocenters. The number of phenols is 1. The molecule has 1 aliphatic rings.